The predicted molar refractivity (Wildman–Crippen MR) is 84.8 cm³/mol. The number of sulfonamides is 1. The van der Waals surface area contributed by atoms with Crippen LogP contribution in [-0.4, -0.2) is 37.3 Å². The molecule has 0 atom stereocenters. The molecule has 0 radical (unpaired) electrons. The minimum absolute atomic E-state index is 0.299. The van der Waals surface area contributed by atoms with Crippen LogP contribution in [0.15, 0.2) is 23.4 Å². The Bertz CT molecular complexity index is 556. The van der Waals surface area contributed by atoms with E-state index in [4.69, 9.17) is 0 Å². The van der Waals surface area contributed by atoms with Gasteiger partial charge in [-0.15, -0.1) is 0 Å². The molecule has 1 fully saturated rings. The van der Waals surface area contributed by atoms with Crippen molar-refractivity contribution < 1.29 is 8.42 Å². The van der Waals surface area contributed by atoms with Gasteiger partial charge in [0, 0.05) is 32.0 Å². The molecule has 1 saturated carbocycles. The van der Waals surface area contributed by atoms with E-state index in [9.17, 15) is 8.42 Å². The lowest BCUT2D eigenvalue weighted by Gasteiger charge is -2.23. The molecule has 1 aromatic rings. The molecule has 1 heterocycles. The number of anilines is 1. The van der Waals surface area contributed by atoms with Gasteiger partial charge in [-0.1, -0.05) is 13.8 Å². The zero-order valence-corrected chi connectivity index (χ0v) is 13.7. The number of nitrogens with one attached hydrogen (secondary N) is 1. The zero-order chi connectivity index (χ0) is 15.3. The van der Waals surface area contributed by atoms with Gasteiger partial charge in [0.1, 0.15) is 4.90 Å². The minimum atomic E-state index is -3.47. The maximum atomic E-state index is 12.9. The highest BCUT2D eigenvalue weighted by Crippen LogP contribution is 2.32. The van der Waals surface area contributed by atoms with Gasteiger partial charge in [0.25, 0.3) is 0 Å². The van der Waals surface area contributed by atoms with Gasteiger partial charge >= 0.3 is 0 Å². The third-order valence-corrected chi connectivity index (χ3v) is 5.49. The molecule has 0 saturated heterocycles. The van der Waals surface area contributed by atoms with Crippen LogP contribution in [0.25, 0.3) is 0 Å². The Hall–Kier alpha value is -1.14. The van der Waals surface area contributed by atoms with Crippen LogP contribution in [0.1, 0.15) is 39.5 Å². The van der Waals surface area contributed by atoms with Gasteiger partial charge in [-0.2, -0.15) is 4.31 Å². The summed E-state index contributed by atoms with van der Waals surface area (Å²) in [6.07, 6.45) is 7.14. The number of hydrogen-bond donors (Lipinski definition) is 1. The summed E-state index contributed by atoms with van der Waals surface area (Å²) in [6, 6.07) is 1.74. The summed E-state index contributed by atoms with van der Waals surface area (Å²) < 4.78 is 27.5. The second-order valence-electron chi connectivity index (χ2n) is 5.61. The van der Waals surface area contributed by atoms with Crippen molar-refractivity contribution >= 4 is 15.7 Å². The molecular weight excluding hydrogens is 286 g/mol. The summed E-state index contributed by atoms with van der Waals surface area (Å²) >= 11 is 0. The summed E-state index contributed by atoms with van der Waals surface area (Å²) in [4.78, 5) is 4.31. The molecule has 0 aliphatic heterocycles. The summed E-state index contributed by atoms with van der Waals surface area (Å²) in [5, 5.41) is 3.19. The fourth-order valence-electron chi connectivity index (χ4n) is 2.28. The molecular formula is C15H25N3O2S. The first-order valence-corrected chi connectivity index (χ1v) is 9.21. The standard InChI is InChI=1S/C15H25N3O2S/c1-3-8-17-14-7-9-16-11-15(14)21(19,20)18(10-4-2)12-13-5-6-13/h7,9,11,13H,3-6,8,10,12H2,1-2H3,(H,16,17). The third kappa shape index (κ3) is 4.17. The average molecular weight is 311 g/mol. The topological polar surface area (TPSA) is 62.3 Å². The smallest absolute Gasteiger partial charge is 0.246 e. The highest BCUT2D eigenvalue weighted by atomic mass is 32.2. The quantitative estimate of drug-likeness (QED) is 0.761. The zero-order valence-electron chi connectivity index (χ0n) is 12.9. The summed E-state index contributed by atoms with van der Waals surface area (Å²) in [5.41, 5.74) is 0.656. The number of rotatable bonds is 9. The normalized spacial score (nSPS) is 15.4. The van der Waals surface area contributed by atoms with E-state index in [1.807, 2.05) is 6.92 Å². The monoisotopic (exact) mass is 311 g/mol. The highest BCUT2D eigenvalue weighted by molar-refractivity contribution is 7.89. The van der Waals surface area contributed by atoms with E-state index < -0.39 is 10.0 Å². The van der Waals surface area contributed by atoms with Crippen LogP contribution in [0.3, 0.4) is 0 Å². The molecule has 0 spiro atoms. The predicted octanol–water partition coefficient (Wildman–Crippen LogP) is 2.71. The molecule has 1 N–H and O–H groups in total. The molecule has 118 valence electrons. The van der Waals surface area contributed by atoms with Gasteiger partial charge in [0.15, 0.2) is 0 Å². The fraction of sp³-hybridized carbons (Fsp3) is 0.667. The first-order valence-electron chi connectivity index (χ1n) is 7.77. The lowest BCUT2D eigenvalue weighted by Crippen LogP contribution is -2.34. The fourth-order valence-corrected chi connectivity index (χ4v) is 4.00. The molecule has 0 bridgehead atoms. The van der Waals surface area contributed by atoms with Crippen molar-refractivity contribution in [3.8, 4) is 0 Å². The van der Waals surface area contributed by atoms with Crippen LogP contribution >= 0.6 is 0 Å². The Morgan fingerprint density at radius 2 is 2.10 bits per heavy atom. The van der Waals surface area contributed by atoms with Gasteiger partial charge in [0.2, 0.25) is 10.0 Å². The van der Waals surface area contributed by atoms with Crippen LogP contribution < -0.4 is 5.32 Å². The van der Waals surface area contributed by atoms with E-state index in [-0.39, 0.29) is 0 Å². The molecule has 1 aromatic heterocycles. The van der Waals surface area contributed by atoms with Crippen molar-refractivity contribution in [2.24, 2.45) is 5.92 Å². The Morgan fingerprint density at radius 1 is 1.33 bits per heavy atom. The Balaban J connectivity index is 2.27. The van der Waals surface area contributed by atoms with E-state index in [2.05, 4.69) is 17.2 Å². The third-order valence-electron chi connectivity index (χ3n) is 3.60. The van der Waals surface area contributed by atoms with Crippen molar-refractivity contribution in [2.75, 3.05) is 25.0 Å². The first-order chi connectivity index (χ1) is 10.1. The molecule has 2 rings (SSSR count). The van der Waals surface area contributed by atoms with Crippen LogP contribution in [0.2, 0.25) is 0 Å². The summed E-state index contributed by atoms with van der Waals surface area (Å²) in [7, 11) is -3.47. The Kier molecular flexibility index (Phi) is 5.58. The maximum Gasteiger partial charge on any atom is 0.246 e. The SMILES string of the molecule is CCCNc1ccncc1S(=O)(=O)N(CCC)CC1CC1. The van der Waals surface area contributed by atoms with E-state index >= 15 is 0 Å². The van der Waals surface area contributed by atoms with Crippen LogP contribution in [0.5, 0.6) is 0 Å². The van der Waals surface area contributed by atoms with Crippen LogP contribution in [0, 0.1) is 5.92 Å². The van der Waals surface area contributed by atoms with Crippen LogP contribution in [-0.2, 0) is 10.0 Å². The molecule has 6 heteroatoms. The number of aromatic nitrogens is 1. The van der Waals surface area contributed by atoms with E-state index in [0.717, 1.165) is 32.2 Å². The van der Waals surface area contributed by atoms with Crippen molar-refractivity contribution in [2.45, 2.75) is 44.4 Å². The summed E-state index contributed by atoms with van der Waals surface area (Å²) in [6.45, 7) is 6.02. The van der Waals surface area contributed by atoms with Gasteiger partial charge in [0.05, 0.1) is 5.69 Å². The van der Waals surface area contributed by atoms with E-state index in [1.54, 1.807) is 16.6 Å². The molecule has 1 aliphatic carbocycles. The Morgan fingerprint density at radius 3 is 2.71 bits per heavy atom. The average Bonchev–Trinajstić information content (AvgIpc) is 3.29. The van der Waals surface area contributed by atoms with Crippen molar-refractivity contribution in [1.29, 1.82) is 0 Å². The van der Waals surface area contributed by atoms with Crippen molar-refractivity contribution in [3.05, 3.63) is 18.5 Å². The van der Waals surface area contributed by atoms with Crippen molar-refractivity contribution in [1.82, 2.24) is 9.29 Å². The molecule has 1 aliphatic rings. The van der Waals surface area contributed by atoms with Gasteiger partial charge < -0.3 is 5.32 Å². The number of hydrogen-bond acceptors (Lipinski definition) is 4. The lowest BCUT2D eigenvalue weighted by molar-refractivity contribution is 0.395. The largest absolute Gasteiger partial charge is 0.384 e. The van der Waals surface area contributed by atoms with E-state index in [0.29, 0.717) is 29.6 Å². The van der Waals surface area contributed by atoms with Gasteiger partial charge in [-0.25, -0.2) is 8.42 Å². The Labute approximate surface area is 127 Å². The molecule has 5 nitrogen and oxygen atoms in total. The molecule has 0 unspecified atom stereocenters. The molecule has 0 amide bonds. The van der Waals surface area contributed by atoms with Gasteiger partial charge in [-0.3, -0.25) is 4.98 Å². The number of pyridine rings is 1. The summed E-state index contributed by atoms with van der Waals surface area (Å²) in [5.74, 6) is 0.537. The highest BCUT2D eigenvalue weighted by Gasteiger charge is 2.32. The lowest BCUT2D eigenvalue weighted by atomic mass is 10.4. The van der Waals surface area contributed by atoms with Crippen LogP contribution in [0.4, 0.5) is 5.69 Å². The molecule has 0 aromatic carbocycles. The second kappa shape index (κ2) is 7.22. The van der Waals surface area contributed by atoms with Gasteiger partial charge in [-0.05, 0) is 37.7 Å². The maximum absolute atomic E-state index is 12.9. The minimum Gasteiger partial charge on any atom is -0.384 e. The number of nitrogens with zero attached hydrogens (tertiary/aromatic N) is 2. The van der Waals surface area contributed by atoms with E-state index in [1.165, 1.54) is 6.20 Å². The molecule has 21 heavy (non-hydrogen) atoms. The second-order valence-corrected chi connectivity index (χ2v) is 7.51. The first kappa shape index (κ1) is 16.2. The van der Waals surface area contributed by atoms with Crippen molar-refractivity contribution in [3.63, 3.8) is 0 Å².